The van der Waals surface area contributed by atoms with Crippen molar-refractivity contribution in [2.75, 3.05) is 5.32 Å². The van der Waals surface area contributed by atoms with E-state index in [1.807, 2.05) is 0 Å². The van der Waals surface area contributed by atoms with Gasteiger partial charge in [-0.1, -0.05) is 41.9 Å². The molecule has 12 heteroatoms. The van der Waals surface area contributed by atoms with Gasteiger partial charge in [0.2, 0.25) is 0 Å². The van der Waals surface area contributed by atoms with Crippen LogP contribution >= 0.6 is 11.6 Å². The fourth-order valence-corrected chi connectivity index (χ4v) is 3.58. The molecule has 1 amide bonds. The van der Waals surface area contributed by atoms with Crippen LogP contribution in [0.1, 0.15) is 21.6 Å². The van der Waals surface area contributed by atoms with Crippen LogP contribution in [0.2, 0.25) is 5.02 Å². The summed E-state index contributed by atoms with van der Waals surface area (Å²) >= 11 is 6.14. The smallest absolute Gasteiger partial charge is 0.319 e. The second kappa shape index (κ2) is 9.30. The number of halogens is 8. The molecule has 0 atom stereocenters. The van der Waals surface area contributed by atoms with Crippen molar-refractivity contribution in [1.29, 1.82) is 0 Å². The minimum Gasteiger partial charge on any atom is -0.319 e. The minimum atomic E-state index is -4.95. The molecule has 4 rings (SSSR count). The van der Waals surface area contributed by atoms with E-state index in [9.17, 15) is 35.5 Å². The van der Waals surface area contributed by atoms with Gasteiger partial charge >= 0.3 is 12.4 Å². The molecule has 1 N–H and O–H groups in total. The molecule has 1 aromatic heterocycles. The van der Waals surface area contributed by atoms with Gasteiger partial charge in [-0.3, -0.25) is 4.79 Å². The van der Waals surface area contributed by atoms with E-state index in [-0.39, 0.29) is 27.5 Å². The van der Waals surface area contributed by atoms with Crippen LogP contribution in [-0.2, 0) is 12.4 Å². The van der Waals surface area contributed by atoms with Crippen LogP contribution in [0.4, 0.5) is 36.4 Å². The average molecular weight is 528 g/mol. The molecule has 0 fully saturated rings. The number of nitrogens with zero attached hydrogens (tertiary/aromatic N) is 2. The number of anilines is 1. The van der Waals surface area contributed by atoms with Gasteiger partial charge in [-0.05, 0) is 42.5 Å². The Balaban J connectivity index is 1.66. The first-order valence-electron chi connectivity index (χ1n) is 10.1. The lowest BCUT2D eigenvalue weighted by Crippen LogP contribution is -2.15. The Bertz CT molecular complexity index is 1430. The Morgan fingerprint density at radius 1 is 0.861 bits per heavy atom. The number of alkyl halides is 6. The van der Waals surface area contributed by atoms with Gasteiger partial charge in [0.25, 0.3) is 5.91 Å². The summed E-state index contributed by atoms with van der Waals surface area (Å²) < 4.78 is 94.1. The summed E-state index contributed by atoms with van der Waals surface area (Å²) in [4.78, 5) is 12.5. The molecule has 3 aromatic carbocycles. The van der Waals surface area contributed by atoms with Crippen molar-refractivity contribution < 1.29 is 35.5 Å². The lowest BCUT2D eigenvalue weighted by molar-refractivity contribution is -0.141. The van der Waals surface area contributed by atoms with E-state index in [0.29, 0.717) is 6.07 Å². The Kier molecular flexibility index (Phi) is 6.52. The normalized spacial score (nSPS) is 12.0. The molecule has 0 radical (unpaired) electrons. The molecular weight excluding hydrogens is 515 g/mol. The molecule has 0 bridgehead atoms. The number of amides is 1. The Hall–Kier alpha value is -3.86. The van der Waals surface area contributed by atoms with Crippen molar-refractivity contribution in [3.8, 4) is 16.9 Å². The summed E-state index contributed by atoms with van der Waals surface area (Å²) in [5.41, 5.74) is -3.01. The number of carbonyl (C=O) groups excluding carboxylic acids is 1. The van der Waals surface area contributed by atoms with Crippen molar-refractivity contribution >= 4 is 23.2 Å². The number of nitrogens with one attached hydrogen (secondary N) is 1. The van der Waals surface area contributed by atoms with Gasteiger partial charge in [-0.25, -0.2) is 9.07 Å². The van der Waals surface area contributed by atoms with Crippen LogP contribution in [0.5, 0.6) is 0 Å². The largest absolute Gasteiger partial charge is 0.435 e. The number of rotatable bonds is 4. The predicted octanol–water partition coefficient (Wildman–Crippen LogP) is 7.62. The average Bonchev–Trinajstić information content (AvgIpc) is 3.26. The topological polar surface area (TPSA) is 46.9 Å². The number of para-hydroxylation sites is 1. The lowest BCUT2D eigenvalue weighted by Gasteiger charge is -2.12. The summed E-state index contributed by atoms with van der Waals surface area (Å²) in [6, 6.07) is 14.5. The highest BCUT2D eigenvalue weighted by molar-refractivity contribution is 6.32. The van der Waals surface area contributed by atoms with Gasteiger partial charge in [-0.15, -0.1) is 0 Å². The van der Waals surface area contributed by atoms with Gasteiger partial charge in [0.05, 0.1) is 27.7 Å². The maximum Gasteiger partial charge on any atom is 0.435 e. The molecule has 0 spiro atoms. The predicted molar refractivity (Wildman–Crippen MR) is 118 cm³/mol. The van der Waals surface area contributed by atoms with E-state index < -0.39 is 41.0 Å². The van der Waals surface area contributed by atoms with Gasteiger partial charge < -0.3 is 5.32 Å². The molecule has 36 heavy (non-hydrogen) atoms. The zero-order chi connectivity index (χ0) is 26.3. The van der Waals surface area contributed by atoms with Crippen molar-refractivity contribution in [2.24, 2.45) is 0 Å². The molecule has 0 aliphatic carbocycles. The van der Waals surface area contributed by atoms with E-state index >= 15 is 0 Å². The third kappa shape index (κ3) is 5.06. The molecule has 0 saturated heterocycles. The first-order valence-corrected chi connectivity index (χ1v) is 10.4. The van der Waals surface area contributed by atoms with Crippen molar-refractivity contribution in [3.05, 3.63) is 100 Å². The SMILES string of the molecule is O=C(Nc1cccc(C(F)(F)F)c1F)c1ccc(-c2cc(C(F)(F)F)nn2-c2ccccc2Cl)cc1. The van der Waals surface area contributed by atoms with E-state index in [1.165, 1.54) is 36.4 Å². The Morgan fingerprint density at radius 2 is 1.53 bits per heavy atom. The monoisotopic (exact) mass is 527 g/mol. The molecule has 4 nitrogen and oxygen atoms in total. The Labute approximate surface area is 203 Å². The fourth-order valence-electron chi connectivity index (χ4n) is 3.37. The van der Waals surface area contributed by atoms with E-state index in [2.05, 4.69) is 10.4 Å². The third-order valence-electron chi connectivity index (χ3n) is 5.08. The number of hydrogen-bond donors (Lipinski definition) is 1. The summed E-state index contributed by atoms with van der Waals surface area (Å²) in [7, 11) is 0. The van der Waals surface area contributed by atoms with Crippen molar-refractivity contribution in [1.82, 2.24) is 9.78 Å². The second-order valence-corrected chi connectivity index (χ2v) is 7.88. The van der Waals surface area contributed by atoms with Crippen LogP contribution in [0.25, 0.3) is 16.9 Å². The molecular formula is C24H13ClF7N3O. The molecule has 4 aromatic rings. The van der Waals surface area contributed by atoms with Gasteiger partial charge in [-0.2, -0.15) is 31.4 Å². The van der Waals surface area contributed by atoms with E-state index in [4.69, 9.17) is 11.6 Å². The van der Waals surface area contributed by atoms with Crippen LogP contribution < -0.4 is 5.32 Å². The molecule has 0 aliphatic heterocycles. The number of benzene rings is 3. The summed E-state index contributed by atoms with van der Waals surface area (Å²) in [6.07, 6.45) is -9.69. The highest BCUT2D eigenvalue weighted by Crippen LogP contribution is 2.36. The first kappa shape index (κ1) is 25.2. The fraction of sp³-hybridized carbons (Fsp3) is 0.0833. The minimum absolute atomic E-state index is 0.0197. The maximum absolute atomic E-state index is 14.2. The molecule has 186 valence electrons. The third-order valence-corrected chi connectivity index (χ3v) is 5.40. The zero-order valence-electron chi connectivity index (χ0n) is 17.8. The standard InChI is InChI=1S/C24H13ClF7N3O/c25-16-5-1-2-7-18(16)35-19(12-20(34-35)24(30,31)32)13-8-10-14(11-9-13)22(36)33-17-6-3-4-15(21(17)26)23(27,28)29/h1-12H,(H,33,36). The van der Waals surface area contributed by atoms with Crippen LogP contribution in [-0.4, -0.2) is 15.7 Å². The Morgan fingerprint density at radius 3 is 2.14 bits per heavy atom. The van der Waals surface area contributed by atoms with Gasteiger partial charge in [0, 0.05) is 11.1 Å². The summed E-state index contributed by atoms with van der Waals surface area (Å²) in [6.45, 7) is 0. The summed E-state index contributed by atoms with van der Waals surface area (Å²) in [5.74, 6) is -2.56. The lowest BCUT2D eigenvalue weighted by atomic mass is 10.1. The summed E-state index contributed by atoms with van der Waals surface area (Å²) in [5, 5.41) is 5.85. The van der Waals surface area contributed by atoms with Crippen LogP contribution in [0.15, 0.2) is 72.8 Å². The van der Waals surface area contributed by atoms with Crippen molar-refractivity contribution in [3.63, 3.8) is 0 Å². The highest BCUT2D eigenvalue weighted by Gasteiger charge is 2.36. The number of carbonyl (C=O) groups is 1. The zero-order valence-corrected chi connectivity index (χ0v) is 18.5. The van der Waals surface area contributed by atoms with E-state index in [0.717, 1.165) is 22.9 Å². The molecule has 1 heterocycles. The number of hydrogen-bond acceptors (Lipinski definition) is 2. The quantitative estimate of drug-likeness (QED) is 0.277. The molecule has 0 unspecified atom stereocenters. The van der Waals surface area contributed by atoms with Gasteiger partial charge in [0.1, 0.15) is 0 Å². The molecule has 0 saturated carbocycles. The molecule has 0 aliphatic rings. The van der Waals surface area contributed by atoms with Crippen LogP contribution in [0, 0.1) is 5.82 Å². The number of aromatic nitrogens is 2. The first-order chi connectivity index (χ1) is 16.9. The van der Waals surface area contributed by atoms with Gasteiger partial charge in [0.15, 0.2) is 11.5 Å². The second-order valence-electron chi connectivity index (χ2n) is 7.47. The van der Waals surface area contributed by atoms with Crippen LogP contribution in [0.3, 0.4) is 0 Å². The van der Waals surface area contributed by atoms with E-state index in [1.54, 1.807) is 12.1 Å². The highest BCUT2D eigenvalue weighted by atomic mass is 35.5. The van der Waals surface area contributed by atoms with Crippen molar-refractivity contribution in [2.45, 2.75) is 12.4 Å². The maximum atomic E-state index is 14.2.